The van der Waals surface area contributed by atoms with E-state index in [1.807, 2.05) is 24.3 Å². The zero-order chi connectivity index (χ0) is 20.5. The Morgan fingerprint density at radius 1 is 1.17 bits per heavy atom. The molecule has 0 aliphatic carbocycles. The van der Waals surface area contributed by atoms with Gasteiger partial charge in [0.1, 0.15) is 23.8 Å². The number of nitrogens with zero attached hydrogens (tertiary/aromatic N) is 3. The lowest BCUT2D eigenvalue weighted by Crippen LogP contribution is -2.44. The molecule has 30 heavy (non-hydrogen) atoms. The van der Waals surface area contributed by atoms with Crippen molar-refractivity contribution in [3.63, 3.8) is 0 Å². The number of hydrogen-bond donors (Lipinski definition) is 3. The van der Waals surface area contributed by atoms with Crippen molar-refractivity contribution in [3.8, 4) is 5.88 Å². The quantitative estimate of drug-likeness (QED) is 0.449. The maximum Gasteiger partial charge on any atom is 0.199 e. The normalized spacial score (nSPS) is 18.0. The first-order valence-electron chi connectivity index (χ1n) is 10.0. The molecule has 0 saturated carbocycles. The molecule has 0 radical (unpaired) electrons. The number of H-pyrrole nitrogens is 1. The molecule has 2 aliphatic rings. The average Bonchev–Trinajstić information content (AvgIpc) is 3.28. The number of oxime groups is 1. The van der Waals surface area contributed by atoms with Crippen LogP contribution in [-0.4, -0.2) is 65.7 Å². The minimum atomic E-state index is -0.385. The Balaban J connectivity index is 1.46. The molecule has 1 saturated heterocycles. The van der Waals surface area contributed by atoms with Crippen molar-refractivity contribution in [2.45, 2.75) is 0 Å². The molecule has 5 rings (SSSR count). The summed E-state index contributed by atoms with van der Waals surface area (Å²) in [6, 6.07) is 11.9. The monoisotopic (exact) mass is 407 g/mol. The van der Waals surface area contributed by atoms with Crippen molar-refractivity contribution < 1.29 is 14.3 Å². The number of hydrogen-bond acceptors (Lipinski definition) is 6. The standard InChI is InChI=1S/C22H22FN5O2/c23-14-5-6-18-16(13-14)19(22(29)26-18)21-20(15-3-1-2-4-17(15)25-21)27-30-12-11-28-9-7-24-8-10-28/h1-6,13,24,26,29H,7-12H2. The summed E-state index contributed by atoms with van der Waals surface area (Å²) >= 11 is 0. The Bertz CT molecular complexity index is 1150. The van der Waals surface area contributed by atoms with E-state index in [0.717, 1.165) is 44.0 Å². The van der Waals surface area contributed by atoms with E-state index in [9.17, 15) is 9.50 Å². The molecule has 3 aromatic rings. The molecule has 1 fully saturated rings. The minimum Gasteiger partial charge on any atom is -0.494 e. The Hall–Kier alpha value is -3.23. The van der Waals surface area contributed by atoms with E-state index in [-0.39, 0.29) is 11.7 Å². The summed E-state index contributed by atoms with van der Waals surface area (Å²) in [6.07, 6.45) is 0. The van der Waals surface area contributed by atoms with Gasteiger partial charge in [-0.15, -0.1) is 0 Å². The van der Waals surface area contributed by atoms with Gasteiger partial charge in [0.25, 0.3) is 0 Å². The molecule has 0 unspecified atom stereocenters. The van der Waals surface area contributed by atoms with E-state index >= 15 is 0 Å². The first-order valence-corrected chi connectivity index (χ1v) is 10.0. The van der Waals surface area contributed by atoms with E-state index < -0.39 is 0 Å². The largest absolute Gasteiger partial charge is 0.494 e. The molecule has 8 heteroatoms. The van der Waals surface area contributed by atoms with Crippen molar-refractivity contribution in [1.82, 2.24) is 15.2 Å². The van der Waals surface area contributed by atoms with Gasteiger partial charge in [-0.2, -0.15) is 0 Å². The lowest BCUT2D eigenvalue weighted by molar-refractivity contribution is 0.106. The van der Waals surface area contributed by atoms with E-state index in [4.69, 9.17) is 4.84 Å². The van der Waals surface area contributed by atoms with Crippen molar-refractivity contribution in [3.05, 3.63) is 59.4 Å². The van der Waals surface area contributed by atoms with Crippen LogP contribution in [0.2, 0.25) is 0 Å². The summed E-state index contributed by atoms with van der Waals surface area (Å²) in [5.41, 5.74) is 3.60. The fourth-order valence-corrected chi connectivity index (χ4v) is 3.94. The maximum atomic E-state index is 13.9. The first kappa shape index (κ1) is 18.8. The summed E-state index contributed by atoms with van der Waals surface area (Å²) in [6.45, 7) is 5.18. The molecule has 0 amide bonds. The van der Waals surface area contributed by atoms with Crippen LogP contribution in [0.4, 0.5) is 10.1 Å². The predicted molar refractivity (Wildman–Crippen MR) is 114 cm³/mol. The highest BCUT2D eigenvalue weighted by atomic mass is 19.1. The third-order valence-electron chi connectivity index (χ3n) is 5.46. The van der Waals surface area contributed by atoms with E-state index in [1.54, 1.807) is 6.07 Å². The second-order valence-corrected chi connectivity index (χ2v) is 7.38. The van der Waals surface area contributed by atoms with Gasteiger partial charge < -0.3 is 20.2 Å². The van der Waals surface area contributed by atoms with E-state index in [0.29, 0.717) is 34.5 Å². The number of benzene rings is 2. The van der Waals surface area contributed by atoms with Crippen molar-refractivity contribution in [2.75, 3.05) is 39.3 Å². The number of nitrogens with one attached hydrogen (secondary N) is 2. The van der Waals surface area contributed by atoms with Crippen LogP contribution in [0, 0.1) is 5.82 Å². The Labute approximate surface area is 172 Å². The van der Waals surface area contributed by atoms with Gasteiger partial charge >= 0.3 is 0 Å². The van der Waals surface area contributed by atoms with Gasteiger partial charge in [-0.05, 0) is 24.3 Å². The summed E-state index contributed by atoms with van der Waals surface area (Å²) in [4.78, 5) is 15.5. The molecule has 154 valence electrons. The molecular formula is C22H22FN5O2. The molecule has 1 aromatic heterocycles. The van der Waals surface area contributed by atoms with Crippen molar-refractivity contribution >= 4 is 28.0 Å². The van der Waals surface area contributed by atoms with Gasteiger partial charge in [0.15, 0.2) is 5.88 Å². The summed E-state index contributed by atoms with van der Waals surface area (Å²) in [5, 5.41) is 18.8. The van der Waals surface area contributed by atoms with Crippen LogP contribution in [-0.2, 0) is 4.84 Å². The number of para-hydroxylation sites is 1. The molecule has 2 aliphatic heterocycles. The van der Waals surface area contributed by atoms with Crippen LogP contribution in [0.5, 0.6) is 5.88 Å². The number of piperazine rings is 1. The number of rotatable bonds is 5. The summed E-state index contributed by atoms with van der Waals surface area (Å²) in [5.74, 6) is -0.458. The number of fused-ring (bicyclic) bond motifs is 2. The second-order valence-electron chi connectivity index (χ2n) is 7.38. The van der Waals surface area contributed by atoms with Crippen LogP contribution in [0.3, 0.4) is 0 Å². The molecule has 0 atom stereocenters. The van der Waals surface area contributed by atoms with Crippen molar-refractivity contribution in [1.29, 1.82) is 0 Å². The van der Waals surface area contributed by atoms with Crippen LogP contribution in [0.15, 0.2) is 52.6 Å². The Morgan fingerprint density at radius 3 is 2.87 bits per heavy atom. The van der Waals surface area contributed by atoms with E-state index in [1.165, 1.54) is 12.1 Å². The molecule has 2 aromatic carbocycles. The molecule has 0 bridgehead atoms. The fraction of sp³-hybridized carbons (Fsp3) is 0.273. The maximum absolute atomic E-state index is 13.9. The smallest absolute Gasteiger partial charge is 0.199 e. The number of halogens is 1. The highest BCUT2D eigenvalue weighted by Gasteiger charge is 2.29. The van der Waals surface area contributed by atoms with Gasteiger partial charge in [-0.1, -0.05) is 23.4 Å². The molecule has 7 nitrogen and oxygen atoms in total. The number of aromatic hydroxyl groups is 1. The summed E-state index contributed by atoms with van der Waals surface area (Å²) < 4.78 is 13.9. The van der Waals surface area contributed by atoms with E-state index in [2.05, 4.69) is 25.3 Å². The highest BCUT2D eigenvalue weighted by molar-refractivity contribution is 6.58. The molecule has 3 N–H and O–H groups in total. The van der Waals surface area contributed by atoms with Crippen LogP contribution in [0.1, 0.15) is 11.1 Å². The van der Waals surface area contributed by atoms with Gasteiger partial charge in [-0.25, -0.2) is 9.38 Å². The first-order chi connectivity index (χ1) is 14.7. The predicted octanol–water partition coefficient (Wildman–Crippen LogP) is 2.77. The van der Waals surface area contributed by atoms with Crippen molar-refractivity contribution in [2.24, 2.45) is 10.1 Å². The third-order valence-corrected chi connectivity index (χ3v) is 5.46. The second kappa shape index (κ2) is 7.89. The SMILES string of the molecule is Oc1[nH]c2ccc(F)cc2c1C1=Nc2ccccc2C1=NOCCN1CCNCC1. The van der Waals surface area contributed by atoms with Gasteiger partial charge in [0, 0.05) is 49.2 Å². The van der Waals surface area contributed by atoms with Gasteiger partial charge in [0.05, 0.1) is 11.3 Å². The van der Waals surface area contributed by atoms with Crippen LogP contribution in [0.25, 0.3) is 10.9 Å². The Kier molecular flexibility index (Phi) is 4.94. The van der Waals surface area contributed by atoms with Gasteiger partial charge in [-0.3, -0.25) is 4.90 Å². The Morgan fingerprint density at radius 2 is 2.00 bits per heavy atom. The zero-order valence-electron chi connectivity index (χ0n) is 16.4. The number of aromatic nitrogens is 1. The fourth-order valence-electron chi connectivity index (χ4n) is 3.94. The third kappa shape index (κ3) is 3.44. The lowest BCUT2D eigenvalue weighted by atomic mass is 10.0. The topological polar surface area (TPSA) is 85.2 Å². The molecular weight excluding hydrogens is 385 g/mol. The van der Waals surface area contributed by atoms with Crippen LogP contribution >= 0.6 is 0 Å². The molecule has 0 spiro atoms. The molecule has 3 heterocycles. The number of aromatic amines is 1. The van der Waals surface area contributed by atoms with Crippen LogP contribution < -0.4 is 5.32 Å². The van der Waals surface area contributed by atoms with Gasteiger partial charge in [0.2, 0.25) is 0 Å². The zero-order valence-corrected chi connectivity index (χ0v) is 16.4. The lowest BCUT2D eigenvalue weighted by Gasteiger charge is -2.26. The summed E-state index contributed by atoms with van der Waals surface area (Å²) in [7, 11) is 0. The average molecular weight is 407 g/mol. The highest BCUT2D eigenvalue weighted by Crippen LogP contribution is 2.35. The number of aliphatic imine (C=N–C) groups is 1. The minimum absolute atomic E-state index is 0.0735.